The van der Waals surface area contributed by atoms with Crippen molar-refractivity contribution in [1.82, 2.24) is 0 Å². The summed E-state index contributed by atoms with van der Waals surface area (Å²) in [6, 6.07) is 14.6. The van der Waals surface area contributed by atoms with Crippen molar-refractivity contribution in [3.63, 3.8) is 0 Å². The molecule has 0 bridgehead atoms. The minimum atomic E-state index is 0.565. The van der Waals surface area contributed by atoms with Crippen LogP contribution >= 0.6 is 27.3 Å². The van der Waals surface area contributed by atoms with E-state index in [1.54, 1.807) is 11.3 Å². The van der Waals surface area contributed by atoms with Gasteiger partial charge in [0.1, 0.15) is 12.4 Å². The Morgan fingerprint density at radius 2 is 2.05 bits per heavy atom. The minimum absolute atomic E-state index is 0.565. The average molecular weight is 359 g/mol. The van der Waals surface area contributed by atoms with Crippen LogP contribution in [0.4, 0.5) is 0 Å². The summed E-state index contributed by atoms with van der Waals surface area (Å²) < 4.78 is 6.95. The zero-order chi connectivity index (χ0) is 14.7. The normalized spacial score (nSPS) is 11.3. The van der Waals surface area contributed by atoms with Gasteiger partial charge in [-0.15, -0.1) is 11.3 Å². The monoisotopic (exact) mass is 358 g/mol. The van der Waals surface area contributed by atoms with Crippen LogP contribution in [-0.4, -0.2) is 6.61 Å². The lowest BCUT2D eigenvalue weighted by molar-refractivity contribution is 0.359. The first-order valence-corrected chi connectivity index (χ1v) is 8.43. The van der Waals surface area contributed by atoms with Gasteiger partial charge in [-0.05, 0) is 63.3 Å². The van der Waals surface area contributed by atoms with E-state index < -0.39 is 0 Å². The van der Waals surface area contributed by atoms with Crippen LogP contribution in [0.25, 0.3) is 16.8 Å². The van der Waals surface area contributed by atoms with E-state index in [9.17, 15) is 0 Å². The van der Waals surface area contributed by atoms with Gasteiger partial charge >= 0.3 is 0 Å². The smallest absolute Gasteiger partial charge is 0.137 e. The molecule has 3 heteroatoms. The summed E-state index contributed by atoms with van der Waals surface area (Å²) in [5.41, 5.74) is 1.17. The number of aryl methyl sites for hydroxylation is 1. The summed E-state index contributed by atoms with van der Waals surface area (Å²) in [5.74, 6) is 0.921. The van der Waals surface area contributed by atoms with E-state index in [-0.39, 0.29) is 0 Å². The van der Waals surface area contributed by atoms with E-state index in [1.165, 1.54) is 21.2 Å². The molecule has 0 aliphatic carbocycles. The van der Waals surface area contributed by atoms with Crippen molar-refractivity contribution >= 4 is 44.1 Å². The van der Waals surface area contributed by atoms with Gasteiger partial charge in [-0.2, -0.15) is 0 Å². The number of rotatable bonds is 4. The summed E-state index contributed by atoms with van der Waals surface area (Å²) >= 11 is 5.34. The lowest BCUT2D eigenvalue weighted by Gasteiger charge is -2.12. The number of fused-ring (bicyclic) bond motifs is 1. The number of ether oxygens (including phenoxy) is 1. The Balaban J connectivity index is 1.80. The largest absolute Gasteiger partial charge is 0.488 e. The van der Waals surface area contributed by atoms with Crippen LogP contribution in [0.15, 0.2) is 58.4 Å². The molecule has 0 aliphatic rings. The molecule has 1 nitrogen and oxygen atoms in total. The first-order valence-electron chi connectivity index (χ1n) is 6.76. The number of hydrogen-bond donors (Lipinski definition) is 0. The minimum Gasteiger partial charge on any atom is -0.488 e. The van der Waals surface area contributed by atoms with Gasteiger partial charge in [-0.3, -0.25) is 0 Å². The summed E-state index contributed by atoms with van der Waals surface area (Å²) in [5, 5.41) is 4.53. The Morgan fingerprint density at radius 3 is 2.86 bits per heavy atom. The highest BCUT2D eigenvalue weighted by molar-refractivity contribution is 9.10. The highest BCUT2D eigenvalue weighted by atomic mass is 79.9. The number of benzene rings is 2. The maximum absolute atomic E-state index is 5.94. The highest BCUT2D eigenvalue weighted by Gasteiger charge is 2.09. The average Bonchev–Trinajstić information content (AvgIpc) is 2.99. The van der Waals surface area contributed by atoms with Gasteiger partial charge in [0.05, 0.1) is 4.47 Å². The Kier molecular flexibility index (Phi) is 4.42. The summed E-state index contributed by atoms with van der Waals surface area (Å²) in [6.07, 6.45) is 4.14. The highest BCUT2D eigenvalue weighted by Crippen LogP contribution is 2.35. The molecule has 0 radical (unpaired) electrons. The standard InChI is InChI=1S/C18H15BrOS/c1-13-16-9-3-2-6-14(16)12-17(19)18(13)20-10-4-7-15-8-5-11-21-15/h2-9,11-12H,10H2,1H3/b7-4+. The summed E-state index contributed by atoms with van der Waals surface area (Å²) in [6.45, 7) is 2.67. The van der Waals surface area contributed by atoms with Crippen molar-refractivity contribution in [3.8, 4) is 5.75 Å². The molecule has 0 atom stereocenters. The first-order chi connectivity index (χ1) is 10.3. The fourth-order valence-corrected chi connectivity index (χ4v) is 3.63. The molecule has 0 unspecified atom stereocenters. The Hall–Kier alpha value is -1.58. The molecule has 1 aromatic heterocycles. The second kappa shape index (κ2) is 6.46. The van der Waals surface area contributed by atoms with Crippen LogP contribution in [0.1, 0.15) is 10.4 Å². The molecule has 0 N–H and O–H groups in total. The first kappa shape index (κ1) is 14.4. The molecule has 0 aliphatic heterocycles. The van der Waals surface area contributed by atoms with E-state index in [1.807, 2.05) is 6.08 Å². The topological polar surface area (TPSA) is 9.23 Å². The molecule has 1 heterocycles. The molecule has 0 fully saturated rings. The van der Waals surface area contributed by atoms with Gasteiger partial charge < -0.3 is 4.74 Å². The predicted molar refractivity (Wildman–Crippen MR) is 95.2 cm³/mol. The van der Waals surface area contributed by atoms with Crippen molar-refractivity contribution in [2.45, 2.75) is 6.92 Å². The maximum Gasteiger partial charge on any atom is 0.137 e. The molecule has 3 rings (SSSR count). The van der Waals surface area contributed by atoms with Crippen molar-refractivity contribution in [2.24, 2.45) is 0 Å². The molecule has 0 saturated carbocycles. The molecule has 0 amide bonds. The fourth-order valence-electron chi connectivity index (χ4n) is 2.33. The third-order valence-corrected chi connectivity index (χ3v) is 4.78. The van der Waals surface area contributed by atoms with E-state index in [4.69, 9.17) is 4.74 Å². The van der Waals surface area contributed by atoms with Crippen molar-refractivity contribution < 1.29 is 4.74 Å². The predicted octanol–water partition coefficient (Wildman–Crippen LogP) is 6.06. The van der Waals surface area contributed by atoms with E-state index >= 15 is 0 Å². The lowest BCUT2D eigenvalue weighted by Crippen LogP contribution is -1.97. The molecular weight excluding hydrogens is 344 g/mol. The zero-order valence-electron chi connectivity index (χ0n) is 11.7. The van der Waals surface area contributed by atoms with Crippen LogP contribution in [0.2, 0.25) is 0 Å². The van der Waals surface area contributed by atoms with Gasteiger partial charge in [0, 0.05) is 10.4 Å². The van der Waals surface area contributed by atoms with E-state index in [2.05, 4.69) is 76.8 Å². The molecule has 2 aromatic carbocycles. The summed E-state index contributed by atoms with van der Waals surface area (Å²) in [4.78, 5) is 1.24. The van der Waals surface area contributed by atoms with Gasteiger partial charge in [0.25, 0.3) is 0 Å². The van der Waals surface area contributed by atoms with Crippen LogP contribution in [0.5, 0.6) is 5.75 Å². The Labute approximate surface area is 137 Å². The lowest BCUT2D eigenvalue weighted by atomic mass is 10.0. The second-order valence-corrected chi connectivity index (χ2v) is 6.60. The number of thiophene rings is 1. The van der Waals surface area contributed by atoms with Crippen molar-refractivity contribution in [2.75, 3.05) is 6.61 Å². The van der Waals surface area contributed by atoms with Gasteiger partial charge in [0.15, 0.2) is 0 Å². The quantitative estimate of drug-likeness (QED) is 0.550. The SMILES string of the molecule is Cc1c(OC/C=C/c2cccs2)c(Br)cc2ccccc12. The number of hydrogen-bond acceptors (Lipinski definition) is 2. The maximum atomic E-state index is 5.94. The van der Waals surface area contributed by atoms with Crippen LogP contribution < -0.4 is 4.74 Å². The molecule has 3 aromatic rings. The molecule has 106 valence electrons. The van der Waals surface area contributed by atoms with E-state index in [0.717, 1.165) is 10.2 Å². The molecule has 21 heavy (non-hydrogen) atoms. The van der Waals surface area contributed by atoms with Crippen LogP contribution in [0, 0.1) is 6.92 Å². The Bertz CT molecular complexity index is 775. The van der Waals surface area contributed by atoms with Gasteiger partial charge in [-0.25, -0.2) is 0 Å². The molecule has 0 saturated heterocycles. The second-order valence-electron chi connectivity index (χ2n) is 4.76. The third kappa shape index (κ3) is 3.20. The summed E-state index contributed by atoms with van der Waals surface area (Å²) in [7, 11) is 0. The van der Waals surface area contributed by atoms with Crippen molar-refractivity contribution in [3.05, 3.63) is 68.8 Å². The van der Waals surface area contributed by atoms with Crippen molar-refractivity contribution in [1.29, 1.82) is 0 Å². The van der Waals surface area contributed by atoms with E-state index in [0.29, 0.717) is 6.61 Å². The van der Waals surface area contributed by atoms with Gasteiger partial charge in [0.2, 0.25) is 0 Å². The fraction of sp³-hybridized carbons (Fsp3) is 0.111. The third-order valence-electron chi connectivity index (χ3n) is 3.35. The molecule has 0 spiro atoms. The number of halogens is 1. The molecular formula is C18H15BrOS. The van der Waals surface area contributed by atoms with Crippen LogP contribution in [0.3, 0.4) is 0 Å². The van der Waals surface area contributed by atoms with Crippen LogP contribution in [-0.2, 0) is 0 Å². The Morgan fingerprint density at radius 1 is 1.19 bits per heavy atom. The van der Waals surface area contributed by atoms with Gasteiger partial charge in [-0.1, -0.05) is 30.3 Å². The zero-order valence-corrected chi connectivity index (χ0v) is 14.1.